The van der Waals surface area contributed by atoms with E-state index in [1.54, 1.807) is 13.1 Å². The van der Waals surface area contributed by atoms with E-state index in [0.717, 1.165) is 42.3 Å². The number of aryl methyl sites for hydroxylation is 2. The molecule has 0 spiro atoms. The zero-order valence-corrected chi connectivity index (χ0v) is 13.3. The SMILES string of the molecule is CC(=O)N1CCC[C@H](c2nc(C)cc(-c3ccnn3C)n2)C1. The molecule has 2 aromatic rings. The first-order valence-electron chi connectivity index (χ1n) is 7.64. The summed E-state index contributed by atoms with van der Waals surface area (Å²) in [6.45, 7) is 5.16. The van der Waals surface area contributed by atoms with Gasteiger partial charge in [0.25, 0.3) is 0 Å². The molecule has 22 heavy (non-hydrogen) atoms. The Morgan fingerprint density at radius 2 is 2.18 bits per heavy atom. The maximum atomic E-state index is 11.6. The molecular weight excluding hydrogens is 278 g/mol. The van der Waals surface area contributed by atoms with Crippen molar-refractivity contribution in [2.24, 2.45) is 7.05 Å². The van der Waals surface area contributed by atoms with Crippen molar-refractivity contribution < 1.29 is 4.79 Å². The number of carbonyl (C=O) groups is 1. The zero-order valence-electron chi connectivity index (χ0n) is 13.3. The van der Waals surface area contributed by atoms with Gasteiger partial charge in [-0.15, -0.1) is 0 Å². The third-order valence-electron chi connectivity index (χ3n) is 4.19. The molecule has 0 aromatic carbocycles. The van der Waals surface area contributed by atoms with E-state index in [-0.39, 0.29) is 11.8 Å². The van der Waals surface area contributed by atoms with Gasteiger partial charge in [-0.05, 0) is 31.9 Å². The predicted molar refractivity (Wildman–Crippen MR) is 83.2 cm³/mol. The Balaban J connectivity index is 1.93. The maximum Gasteiger partial charge on any atom is 0.219 e. The number of aromatic nitrogens is 4. The van der Waals surface area contributed by atoms with Crippen molar-refractivity contribution in [1.29, 1.82) is 0 Å². The summed E-state index contributed by atoms with van der Waals surface area (Å²) in [4.78, 5) is 22.9. The highest BCUT2D eigenvalue weighted by Crippen LogP contribution is 2.26. The molecule has 1 aliphatic heterocycles. The molecule has 3 heterocycles. The molecule has 0 saturated carbocycles. The Bertz CT molecular complexity index is 694. The van der Waals surface area contributed by atoms with Crippen molar-refractivity contribution >= 4 is 5.91 Å². The standard InChI is InChI=1S/C16H21N5O/c1-11-9-14(15-6-7-17-20(15)3)19-16(18-11)13-5-4-8-21(10-13)12(2)22/h6-7,9,13H,4-5,8,10H2,1-3H3/t13-/m0/s1. The van der Waals surface area contributed by atoms with E-state index >= 15 is 0 Å². The lowest BCUT2D eigenvalue weighted by Gasteiger charge is -2.31. The minimum absolute atomic E-state index is 0.129. The summed E-state index contributed by atoms with van der Waals surface area (Å²) < 4.78 is 1.81. The maximum absolute atomic E-state index is 11.6. The molecule has 0 radical (unpaired) electrons. The van der Waals surface area contributed by atoms with Crippen LogP contribution >= 0.6 is 0 Å². The van der Waals surface area contributed by atoms with Crippen LogP contribution in [-0.4, -0.2) is 43.6 Å². The van der Waals surface area contributed by atoms with Crippen molar-refractivity contribution in [2.75, 3.05) is 13.1 Å². The monoisotopic (exact) mass is 299 g/mol. The van der Waals surface area contributed by atoms with Gasteiger partial charge in [-0.1, -0.05) is 0 Å². The van der Waals surface area contributed by atoms with Gasteiger partial charge in [0.1, 0.15) is 5.82 Å². The summed E-state index contributed by atoms with van der Waals surface area (Å²) in [5.74, 6) is 1.18. The van der Waals surface area contributed by atoms with Crippen molar-refractivity contribution in [3.63, 3.8) is 0 Å². The summed E-state index contributed by atoms with van der Waals surface area (Å²) >= 11 is 0. The van der Waals surface area contributed by atoms with Gasteiger partial charge in [0, 0.05) is 44.9 Å². The lowest BCUT2D eigenvalue weighted by Crippen LogP contribution is -2.38. The van der Waals surface area contributed by atoms with Crippen LogP contribution in [0.15, 0.2) is 18.3 Å². The molecule has 0 N–H and O–H groups in total. The molecule has 116 valence electrons. The molecule has 0 aliphatic carbocycles. The largest absolute Gasteiger partial charge is 0.342 e. The first-order valence-corrected chi connectivity index (χ1v) is 7.64. The molecule has 1 saturated heterocycles. The average Bonchev–Trinajstić information content (AvgIpc) is 2.93. The Morgan fingerprint density at radius 1 is 1.36 bits per heavy atom. The fourth-order valence-corrected chi connectivity index (χ4v) is 3.00. The lowest BCUT2D eigenvalue weighted by atomic mass is 9.97. The normalized spacial score (nSPS) is 18.5. The van der Waals surface area contributed by atoms with E-state index in [9.17, 15) is 4.79 Å². The molecule has 0 bridgehead atoms. The fourth-order valence-electron chi connectivity index (χ4n) is 3.00. The second kappa shape index (κ2) is 5.87. The van der Waals surface area contributed by atoms with Gasteiger partial charge in [-0.3, -0.25) is 9.48 Å². The van der Waals surface area contributed by atoms with Crippen molar-refractivity contribution in [2.45, 2.75) is 32.6 Å². The van der Waals surface area contributed by atoms with Gasteiger partial charge < -0.3 is 4.90 Å². The number of carbonyl (C=O) groups excluding carboxylic acids is 1. The molecule has 1 aliphatic rings. The van der Waals surface area contributed by atoms with E-state index < -0.39 is 0 Å². The molecule has 1 atom stereocenters. The second-order valence-electron chi connectivity index (χ2n) is 5.90. The predicted octanol–water partition coefficient (Wildman–Crippen LogP) is 1.91. The summed E-state index contributed by atoms with van der Waals surface area (Å²) in [6.07, 6.45) is 3.80. The smallest absolute Gasteiger partial charge is 0.219 e. The van der Waals surface area contributed by atoms with Crippen LogP contribution in [-0.2, 0) is 11.8 Å². The molecule has 1 fully saturated rings. The van der Waals surface area contributed by atoms with Crippen LogP contribution in [0.5, 0.6) is 0 Å². The highest BCUT2D eigenvalue weighted by atomic mass is 16.2. The molecule has 6 nitrogen and oxygen atoms in total. The first-order chi connectivity index (χ1) is 10.5. The zero-order chi connectivity index (χ0) is 15.7. The number of hydrogen-bond donors (Lipinski definition) is 0. The Hall–Kier alpha value is -2.24. The van der Waals surface area contributed by atoms with Gasteiger partial charge in [-0.2, -0.15) is 5.10 Å². The Kier molecular flexibility index (Phi) is 3.92. The molecular formula is C16H21N5O. The van der Waals surface area contributed by atoms with Gasteiger partial charge in [0.2, 0.25) is 5.91 Å². The Labute approximate surface area is 130 Å². The third kappa shape index (κ3) is 2.86. The summed E-state index contributed by atoms with van der Waals surface area (Å²) in [6, 6.07) is 3.93. The first kappa shape index (κ1) is 14.7. The molecule has 0 unspecified atom stereocenters. The van der Waals surface area contributed by atoms with Crippen LogP contribution in [0.2, 0.25) is 0 Å². The topological polar surface area (TPSA) is 63.9 Å². The summed E-state index contributed by atoms with van der Waals surface area (Å²) in [7, 11) is 1.91. The van der Waals surface area contributed by atoms with E-state index in [4.69, 9.17) is 4.98 Å². The van der Waals surface area contributed by atoms with Crippen molar-refractivity contribution in [3.8, 4) is 11.4 Å². The molecule has 1 amide bonds. The average molecular weight is 299 g/mol. The van der Waals surface area contributed by atoms with E-state index in [0.29, 0.717) is 6.54 Å². The highest BCUT2D eigenvalue weighted by Gasteiger charge is 2.25. The molecule has 3 rings (SSSR count). The van der Waals surface area contributed by atoms with Crippen molar-refractivity contribution in [1.82, 2.24) is 24.6 Å². The van der Waals surface area contributed by atoms with E-state index in [1.165, 1.54) is 0 Å². The van der Waals surface area contributed by atoms with Gasteiger partial charge in [0.05, 0.1) is 11.4 Å². The number of nitrogens with zero attached hydrogens (tertiary/aromatic N) is 5. The number of piperidine rings is 1. The number of likely N-dealkylation sites (tertiary alicyclic amines) is 1. The van der Waals surface area contributed by atoms with E-state index in [1.807, 2.05) is 35.7 Å². The molecule has 6 heteroatoms. The lowest BCUT2D eigenvalue weighted by molar-refractivity contribution is -0.130. The van der Waals surface area contributed by atoms with Crippen LogP contribution in [0, 0.1) is 6.92 Å². The third-order valence-corrected chi connectivity index (χ3v) is 4.19. The number of amides is 1. The quantitative estimate of drug-likeness (QED) is 0.850. The minimum atomic E-state index is 0.129. The van der Waals surface area contributed by atoms with E-state index in [2.05, 4.69) is 10.1 Å². The van der Waals surface area contributed by atoms with Gasteiger partial charge >= 0.3 is 0 Å². The summed E-state index contributed by atoms with van der Waals surface area (Å²) in [5.41, 5.74) is 2.81. The van der Waals surface area contributed by atoms with Crippen molar-refractivity contribution in [3.05, 3.63) is 29.8 Å². The second-order valence-corrected chi connectivity index (χ2v) is 5.90. The minimum Gasteiger partial charge on any atom is -0.342 e. The highest BCUT2D eigenvalue weighted by molar-refractivity contribution is 5.73. The van der Waals surface area contributed by atoms with Crippen LogP contribution in [0.3, 0.4) is 0 Å². The number of rotatable bonds is 2. The fraction of sp³-hybridized carbons (Fsp3) is 0.500. The van der Waals surface area contributed by atoms with Gasteiger partial charge in [-0.25, -0.2) is 9.97 Å². The van der Waals surface area contributed by atoms with Gasteiger partial charge in [0.15, 0.2) is 0 Å². The van der Waals surface area contributed by atoms with Crippen LogP contribution < -0.4 is 0 Å². The Morgan fingerprint density at radius 3 is 2.86 bits per heavy atom. The van der Waals surface area contributed by atoms with Crippen LogP contribution in [0.25, 0.3) is 11.4 Å². The van der Waals surface area contributed by atoms with Crippen LogP contribution in [0.1, 0.15) is 37.2 Å². The van der Waals surface area contributed by atoms with Crippen LogP contribution in [0.4, 0.5) is 0 Å². The summed E-state index contributed by atoms with van der Waals surface area (Å²) in [5, 5.41) is 4.20. The molecule has 2 aromatic heterocycles. The number of hydrogen-bond acceptors (Lipinski definition) is 4.